The average molecular weight is 658 g/mol. The minimum Gasteiger partial charge on any atom is -0.257 e. The Morgan fingerprint density at radius 2 is 0.976 bits per heavy atom. The molecule has 0 saturated heterocycles. The Kier molecular flexibility index (Phi) is 13.5. The third-order valence-corrected chi connectivity index (χ3v) is 9.72. The SMILES string of the molecule is Cc1ccc(S(=O)(=O)N(CC#CCOS(C)(=O)=O)CC#CCN(CC#CCOS(C)(=O)=O)S(=O)(=O)[C]2[CH][CH][CH][CH]2)cc1. The van der Waals surface area contributed by atoms with Crippen molar-refractivity contribution in [1.82, 2.24) is 8.61 Å². The lowest BCUT2D eigenvalue weighted by Gasteiger charge is -2.21. The Labute approximate surface area is 250 Å². The summed E-state index contributed by atoms with van der Waals surface area (Å²) in [6.45, 7) is -0.543. The van der Waals surface area contributed by atoms with Crippen LogP contribution in [0, 0.1) is 73.4 Å². The predicted molar refractivity (Wildman–Crippen MR) is 156 cm³/mol. The van der Waals surface area contributed by atoms with Crippen molar-refractivity contribution in [1.29, 1.82) is 0 Å². The maximum Gasteiger partial charge on any atom is 0.265 e. The molecule has 0 amide bonds. The van der Waals surface area contributed by atoms with Gasteiger partial charge in [-0.15, -0.1) is 0 Å². The number of sulfonamides is 2. The highest BCUT2D eigenvalue weighted by atomic mass is 32.2. The molecule has 0 bridgehead atoms. The van der Waals surface area contributed by atoms with Crippen LogP contribution in [-0.4, -0.2) is 94.2 Å². The molecule has 0 aromatic heterocycles. The van der Waals surface area contributed by atoms with E-state index in [1.54, 1.807) is 19.1 Å². The molecule has 1 aromatic carbocycles. The molecule has 0 atom stereocenters. The van der Waals surface area contributed by atoms with Crippen molar-refractivity contribution in [3.63, 3.8) is 0 Å². The molecule has 0 N–H and O–H groups in total. The average Bonchev–Trinajstić information content (AvgIpc) is 3.43. The first-order chi connectivity index (χ1) is 19.5. The van der Waals surface area contributed by atoms with Crippen molar-refractivity contribution >= 4 is 40.3 Å². The minimum absolute atomic E-state index is 0.00588. The van der Waals surface area contributed by atoms with Gasteiger partial charge in [0, 0.05) is 0 Å². The Morgan fingerprint density at radius 3 is 1.38 bits per heavy atom. The molecule has 1 saturated carbocycles. The zero-order chi connectivity index (χ0) is 31.4. The molecule has 5 radical (unpaired) electrons. The van der Waals surface area contributed by atoms with Crippen molar-refractivity contribution in [3.8, 4) is 35.5 Å². The number of hydrogen-bond acceptors (Lipinski definition) is 10. The number of aryl methyl sites for hydroxylation is 1. The molecule has 12 nitrogen and oxygen atoms in total. The third kappa shape index (κ3) is 12.4. The summed E-state index contributed by atoms with van der Waals surface area (Å²) in [7, 11) is -15.6. The summed E-state index contributed by atoms with van der Waals surface area (Å²) in [6, 6.07) is 6.09. The normalized spacial score (nSPS) is 14.5. The second-order valence-electron chi connectivity index (χ2n) is 8.47. The van der Waals surface area contributed by atoms with E-state index in [4.69, 9.17) is 0 Å². The van der Waals surface area contributed by atoms with Crippen molar-refractivity contribution in [2.24, 2.45) is 0 Å². The second-order valence-corrected chi connectivity index (χ2v) is 15.6. The summed E-state index contributed by atoms with van der Waals surface area (Å²) in [5.41, 5.74) is 0.843. The molecule has 1 aliphatic carbocycles. The van der Waals surface area contributed by atoms with E-state index >= 15 is 0 Å². The van der Waals surface area contributed by atoms with Gasteiger partial charge in [-0.1, -0.05) is 53.2 Å². The minimum atomic E-state index is -4.08. The van der Waals surface area contributed by atoms with Gasteiger partial charge in [0.25, 0.3) is 20.2 Å². The highest BCUT2D eigenvalue weighted by molar-refractivity contribution is 7.92. The summed E-state index contributed by atoms with van der Waals surface area (Å²) in [5, 5.41) is -0.00588. The van der Waals surface area contributed by atoms with Crippen molar-refractivity contribution in [2.45, 2.75) is 11.8 Å². The van der Waals surface area contributed by atoms with Crippen LogP contribution in [0.5, 0.6) is 0 Å². The lowest BCUT2D eigenvalue weighted by atomic mass is 10.2. The summed E-state index contributed by atoms with van der Waals surface area (Å²) >= 11 is 0. The van der Waals surface area contributed by atoms with Crippen LogP contribution in [0.2, 0.25) is 0 Å². The molecule has 1 fully saturated rings. The molecule has 1 aliphatic rings. The Morgan fingerprint density at radius 1 is 0.595 bits per heavy atom. The van der Waals surface area contributed by atoms with Crippen molar-refractivity contribution < 1.29 is 42.0 Å². The maximum atomic E-state index is 13.3. The van der Waals surface area contributed by atoms with Gasteiger partial charge in [0.1, 0.15) is 18.5 Å². The quantitative estimate of drug-likeness (QED) is 0.220. The van der Waals surface area contributed by atoms with E-state index in [1.165, 1.54) is 37.8 Å². The van der Waals surface area contributed by atoms with Gasteiger partial charge in [0.2, 0.25) is 20.0 Å². The second kappa shape index (κ2) is 15.8. The lowest BCUT2D eigenvalue weighted by molar-refractivity contribution is 0.366. The monoisotopic (exact) mass is 657 g/mol. The standard InChI is InChI=1S/C26H29N2O10S4/c1-24-14-16-26(17-15-24)42(35,36)28(21-9-11-23-38-40(3,31)32)19-7-6-18-27(20-8-10-22-37-39(2,29)30)41(33,34)25-12-4-5-13-25/h4-5,12-17H,18-23H2,1-3H3. The third-order valence-electron chi connectivity index (χ3n) is 5.02. The summed E-state index contributed by atoms with van der Waals surface area (Å²) < 4.78 is 108. The molecule has 2 rings (SSSR count). The van der Waals surface area contributed by atoms with Gasteiger partial charge in [-0.3, -0.25) is 8.37 Å². The molecule has 1 aromatic rings. The van der Waals surface area contributed by atoms with E-state index in [-0.39, 0.29) is 36.3 Å². The van der Waals surface area contributed by atoms with Crippen LogP contribution in [0.15, 0.2) is 29.2 Å². The van der Waals surface area contributed by atoms with Gasteiger partial charge in [0.05, 0.1) is 43.6 Å². The molecule has 42 heavy (non-hydrogen) atoms. The molecule has 0 spiro atoms. The number of nitrogens with zero attached hydrogens (tertiary/aromatic N) is 2. The van der Waals surface area contributed by atoms with Crippen LogP contribution in [0.4, 0.5) is 0 Å². The van der Waals surface area contributed by atoms with Gasteiger partial charge < -0.3 is 0 Å². The Hall–Kier alpha value is -2.46. The van der Waals surface area contributed by atoms with Crippen LogP contribution in [-0.2, 0) is 48.6 Å². The Balaban J connectivity index is 2.25. The molecular formula is C26H29N2O10S4. The van der Waals surface area contributed by atoms with E-state index in [9.17, 15) is 33.7 Å². The zero-order valence-corrected chi connectivity index (χ0v) is 26.2. The molecule has 16 heteroatoms. The van der Waals surface area contributed by atoms with Crippen molar-refractivity contribution in [3.05, 3.63) is 60.8 Å². The van der Waals surface area contributed by atoms with Crippen LogP contribution in [0.3, 0.4) is 0 Å². The fourth-order valence-corrected chi connectivity index (χ4v) is 6.00. The van der Waals surface area contributed by atoms with E-state index < -0.39 is 53.5 Å². The predicted octanol–water partition coefficient (Wildman–Crippen LogP) is -0.0571. The first-order valence-corrected chi connectivity index (χ1v) is 18.4. The van der Waals surface area contributed by atoms with Gasteiger partial charge in [0.15, 0.2) is 0 Å². The fraction of sp³-hybridized carbons (Fsp3) is 0.346. The topological polar surface area (TPSA) is 161 Å². The highest BCUT2D eigenvalue weighted by Crippen LogP contribution is 2.30. The van der Waals surface area contributed by atoms with E-state index in [0.29, 0.717) is 0 Å². The smallest absolute Gasteiger partial charge is 0.257 e. The van der Waals surface area contributed by atoms with E-state index in [1.807, 2.05) is 0 Å². The van der Waals surface area contributed by atoms with Gasteiger partial charge >= 0.3 is 0 Å². The summed E-state index contributed by atoms with van der Waals surface area (Å²) in [5.74, 6) is 15.2. The molecule has 227 valence electrons. The Bertz CT molecular complexity index is 1700. The maximum absolute atomic E-state index is 13.3. The summed E-state index contributed by atoms with van der Waals surface area (Å²) in [6.07, 6.45) is 7.56. The molecule has 0 unspecified atom stereocenters. The molecule has 0 heterocycles. The number of hydrogen-bond donors (Lipinski definition) is 0. The van der Waals surface area contributed by atoms with E-state index in [2.05, 4.69) is 43.9 Å². The largest absolute Gasteiger partial charge is 0.265 e. The first-order valence-electron chi connectivity index (χ1n) is 11.9. The van der Waals surface area contributed by atoms with Crippen LogP contribution in [0.25, 0.3) is 0 Å². The van der Waals surface area contributed by atoms with Gasteiger partial charge in [-0.2, -0.15) is 25.4 Å². The highest BCUT2D eigenvalue weighted by Gasteiger charge is 2.35. The first kappa shape index (κ1) is 35.7. The number of benzene rings is 1. The van der Waals surface area contributed by atoms with E-state index in [0.717, 1.165) is 26.7 Å². The van der Waals surface area contributed by atoms with Gasteiger partial charge in [-0.05, 0) is 44.7 Å². The molecular weight excluding hydrogens is 629 g/mol. The van der Waals surface area contributed by atoms with Crippen LogP contribution >= 0.6 is 0 Å². The fourth-order valence-electron chi connectivity index (χ4n) is 2.94. The number of rotatable bonds is 12. The van der Waals surface area contributed by atoms with Gasteiger partial charge in [-0.25, -0.2) is 16.8 Å². The van der Waals surface area contributed by atoms with Crippen LogP contribution < -0.4 is 0 Å². The van der Waals surface area contributed by atoms with Crippen molar-refractivity contribution in [2.75, 3.05) is 51.9 Å². The van der Waals surface area contributed by atoms with Crippen LogP contribution in [0.1, 0.15) is 5.56 Å². The zero-order valence-electron chi connectivity index (χ0n) is 23.0. The summed E-state index contributed by atoms with van der Waals surface area (Å²) in [4.78, 5) is -0.0175. The molecule has 0 aliphatic heterocycles. The lowest BCUT2D eigenvalue weighted by Crippen LogP contribution is -2.35.